The normalized spacial score (nSPS) is 16.8. The summed E-state index contributed by atoms with van der Waals surface area (Å²) in [6.07, 6.45) is 1.81. The molecule has 40 heavy (non-hydrogen) atoms. The van der Waals surface area contributed by atoms with Crippen LogP contribution in [0.4, 0.5) is 11.4 Å². The largest absolute Gasteiger partial charge is 0.375 e. The minimum Gasteiger partial charge on any atom is -0.375 e. The zero-order valence-electron chi connectivity index (χ0n) is 23.2. The Morgan fingerprint density at radius 3 is 2.52 bits per heavy atom. The lowest BCUT2D eigenvalue weighted by Gasteiger charge is -2.29. The maximum absolute atomic E-state index is 12.1. The fraction of sp³-hybridized carbons (Fsp3) is 0.258. The lowest BCUT2D eigenvalue weighted by Crippen LogP contribution is -2.30. The third-order valence-electron chi connectivity index (χ3n) is 7.51. The number of nitrogens with zero attached hydrogens (tertiary/aromatic N) is 3. The van der Waals surface area contributed by atoms with E-state index < -0.39 is 0 Å². The van der Waals surface area contributed by atoms with Crippen LogP contribution in [0.1, 0.15) is 45.9 Å². The molecule has 1 fully saturated rings. The van der Waals surface area contributed by atoms with Gasteiger partial charge in [-0.15, -0.1) is 0 Å². The number of aromatic nitrogens is 2. The maximum atomic E-state index is 12.1. The summed E-state index contributed by atoms with van der Waals surface area (Å²) in [6.45, 7) is 8.41. The van der Waals surface area contributed by atoms with Crippen LogP contribution in [-0.4, -0.2) is 34.3 Å². The van der Waals surface area contributed by atoms with Gasteiger partial charge in [-0.25, -0.2) is 0 Å². The van der Waals surface area contributed by atoms with E-state index in [2.05, 4.69) is 53.0 Å². The molecule has 2 unspecified atom stereocenters. The number of nitrogens with one attached hydrogen (secondary N) is 2. The molecule has 0 aliphatic carbocycles. The first-order valence-corrected chi connectivity index (χ1v) is 13.8. The van der Waals surface area contributed by atoms with E-state index in [-0.39, 0.29) is 24.6 Å². The van der Waals surface area contributed by atoms with Crippen LogP contribution in [0.25, 0.3) is 5.69 Å². The number of hydrogen-bond donors (Lipinski definition) is 2. The molecule has 2 atom stereocenters. The Balaban J connectivity index is 1.65. The van der Waals surface area contributed by atoms with Crippen LogP contribution >= 0.6 is 23.8 Å². The van der Waals surface area contributed by atoms with E-state index in [1.54, 1.807) is 0 Å². The van der Waals surface area contributed by atoms with Gasteiger partial charge in [-0.2, -0.15) is 0 Å². The Bertz CT molecular complexity index is 1590. The fourth-order valence-corrected chi connectivity index (χ4v) is 6.16. The van der Waals surface area contributed by atoms with Crippen LogP contribution in [-0.2, 0) is 9.53 Å². The molecule has 1 amide bonds. The number of amides is 1. The Hall–Kier alpha value is -3.72. The van der Waals surface area contributed by atoms with Gasteiger partial charge in [0.2, 0.25) is 5.91 Å². The Morgan fingerprint density at radius 1 is 1.05 bits per heavy atom. The number of ether oxygens (including phenoxy) is 1. The van der Waals surface area contributed by atoms with Gasteiger partial charge in [0, 0.05) is 52.3 Å². The molecule has 2 aromatic heterocycles. The van der Waals surface area contributed by atoms with Gasteiger partial charge in [-0.05, 0) is 99.6 Å². The highest BCUT2D eigenvalue weighted by molar-refractivity contribution is 7.80. The van der Waals surface area contributed by atoms with Crippen molar-refractivity contribution >= 4 is 46.2 Å². The molecule has 5 rings (SSSR count). The van der Waals surface area contributed by atoms with Gasteiger partial charge in [0.05, 0.1) is 17.8 Å². The third kappa shape index (κ3) is 5.10. The van der Waals surface area contributed by atoms with Crippen molar-refractivity contribution in [3.8, 4) is 5.69 Å². The maximum Gasteiger partial charge on any atom is 0.250 e. The van der Waals surface area contributed by atoms with E-state index in [9.17, 15) is 4.79 Å². The predicted octanol–water partition coefficient (Wildman–Crippen LogP) is 6.52. The van der Waals surface area contributed by atoms with E-state index >= 15 is 0 Å². The van der Waals surface area contributed by atoms with Crippen LogP contribution in [0, 0.1) is 27.7 Å². The molecule has 206 valence electrons. The van der Waals surface area contributed by atoms with Crippen molar-refractivity contribution in [2.75, 3.05) is 23.9 Å². The molecule has 4 aromatic rings. The van der Waals surface area contributed by atoms with E-state index in [1.807, 2.05) is 61.7 Å². The monoisotopic (exact) mass is 573 g/mol. The van der Waals surface area contributed by atoms with Crippen molar-refractivity contribution in [3.63, 3.8) is 0 Å². The summed E-state index contributed by atoms with van der Waals surface area (Å²) < 4.78 is 7.22. The Labute approximate surface area is 245 Å². The van der Waals surface area contributed by atoms with Crippen LogP contribution in [0.15, 0.2) is 66.9 Å². The average Bonchev–Trinajstić information content (AvgIpc) is 3.37. The molecule has 7 nitrogen and oxygen atoms in total. The first-order valence-electron chi connectivity index (χ1n) is 13.1. The van der Waals surface area contributed by atoms with Gasteiger partial charge in [-0.3, -0.25) is 9.78 Å². The van der Waals surface area contributed by atoms with Gasteiger partial charge in [0.1, 0.15) is 6.61 Å². The number of benzene rings is 2. The van der Waals surface area contributed by atoms with Gasteiger partial charge in [0.25, 0.3) is 0 Å². The number of halogens is 1. The van der Waals surface area contributed by atoms with Crippen LogP contribution in [0.2, 0.25) is 5.02 Å². The van der Waals surface area contributed by atoms with E-state index in [1.165, 1.54) is 18.2 Å². The molecule has 1 saturated heterocycles. The summed E-state index contributed by atoms with van der Waals surface area (Å²) in [7, 11) is 1.50. The Morgan fingerprint density at radius 2 is 1.85 bits per heavy atom. The minimum atomic E-state index is -0.200. The summed E-state index contributed by atoms with van der Waals surface area (Å²) in [5.41, 5.74) is 9.11. The second-order valence-electron chi connectivity index (χ2n) is 10.0. The highest BCUT2D eigenvalue weighted by Gasteiger charge is 2.43. The molecule has 0 radical (unpaired) electrons. The number of methoxy groups -OCH3 is 1. The number of anilines is 2. The van der Waals surface area contributed by atoms with E-state index in [0.29, 0.717) is 10.1 Å². The number of pyridine rings is 1. The molecule has 3 heterocycles. The number of hydrogen-bond acceptors (Lipinski definition) is 4. The number of carbonyl (C=O) groups is 1. The SMILES string of the molecule is COCC(=O)Nc1ccc(N2C(=S)NC(c3ccccn3)C2c2c(C)c(C)n(-c3cccc(Cl)c3)c2C)cc1C. The lowest BCUT2D eigenvalue weighted by atomic mass is 9.93. The number of aryl methyl sites for hydroxylation is 1. The summed E-state index contributed by atoms with van der Waals surface area (Å²) in [4.78, 5) is 19.0. The van der Waals surface area contributed by atoms with Gasteiger partial charge >= 0.3 is 0 Å². The standard InChI is InChI=1S/C31H32ClN5O2S/c1-18-15-24(12-13-25(18)34-27(38)17-39-5)37-30(29(35-31(37)40)26-11-6-7-14-33-26)28-19(2)20(3)36(21(28)4)23-10-8-9-22(32)16-23/h6-16,29-30H,17H2,1-5H3,(H,34,38)(H,35,40). The van der Waals surface area contributed by atoms with Crippen LogP contribution in [0.5, 0.6) is 0 Å². The second kappa shape index (κ2) is 11.4. The molecule has 2 N–H and O–H groups in total. The molecule has 9 heteroatoms. The highest BCUT2D eigenvalue weighted by Crippen LogP contribution is 2.46. The van der Waals surface area contributed by atoms with Crippen molar-refractivity contribution in [1.29, 1.82) is 0 Å². The van der Waals surface area contributed by atoms with E-state index in [4.69, 9.17) is 33.5 Å². The Kier molecular flexibility index (Phi) is 7.94. The van der Waals surface area contributed by atoms with Gasteiger partial charge in [0.15, 0.2) is 5.11 Å². The first kappa shape index (κ1) is 27.8. The zero-order valence-corrected chi connectivity index (χ0v) is 24.7. The first-order chi connectivity index (χ1) is 19.2. The van der Waals surface area contributed by atoms with Gasteiger partial charge in [-0.1, -0.05) is 23.7 Å². The fourth-order valence-electron chi connectivity index (χ4n) is 5.63. The van der Waals surface area contributed by atoms with Crippen molar-refractivity contribution in [2.24, 2.45) is 0 Å². The van der Waals surface area contributed by atoms with Crippen LogP contribution < -0.4 is 15.5 Å². The van der Waals surface area contributed by atoms with E-state index in [0.717, 1.165) is 39.7 Å². The minimum absolute atomic E-state index is 0.00330. The average molecular weight is 574 g/mol. The summed E-state index contributed by atoms with van der Waals surface area (Å²) in [5.74, 6) is -0.200. The molecular weight excluding hydrogens is 542 g/mol. The zero-order chi connectivity index (χ0) is 28.6. The predicted molar refractivity (Wildman–Crippen MR) is 165 cm³/mol. The lowest BCUT2D eigenvalue weighted by molar-refractivity contribution is -0.119. The van der Waals surface area contributed by atoms with Crippen molar-refractivity contribution < 1.29 is 9.53 Å². The summed E-state index contributed by atoms with van der Waals surface area (Å²) >= 11 is 12.4. The quantitative estimate of drug-likeness (QED) is 0.245. The number of thiocarbonyl (C=S) groups is 1. The van der Waals surface area contributed by atoms with Gasteiger partial charge < -0.3 is 24.8 Å². The topological polar surface area (TPSA) is 71.4 Å². The molecule has 2 aromatic carbocycles. The summed E-state index contributed by atoms with van der Waals surface area (Å²) in [5, 5.41) is 7.78. The molecule has 1 aliphatic rings. The van der Waals surface area contributed by atoms with Crippen LogP contribution in [0.3, 0.4) is 0 Å². The third-order valence-corrected chi connectivity index (χ3v) is 8.05. The molecule has 1 aliphatic heterocycles. The molecular formula is C31H32ClN5O2S. The highest BCUT2D eigenvalue weighted by atomic mass is 35.5. The van der Waals surface area contributed by atoms with Crippen molar-refractivity contribution in [1.82, 2.24) is 14.9 Å². The molecule has 0 saturated carbocycles. The summed E-state index contributed by atoms with van der Waals surface area (Å²) in [6, 6.07) is 19.4. The smallest absolute Gasteiger partial charge is 0.250 e. The number of rotatable bonds is 7. The second-order valence-corrected chi connectivity index (χ2v) is 10.8. The van der Waals surface area contributed by atoms with Crippen molar-refractivity contribution in [2.45, 2.75) is 39.8 Å². The van der Waals surface area contributed by atoms with Crippen molar-refractivity contribution in [3.05, 3.63) is 106 Å². The molecule has 0 bridgehead atoms. The number of carbonyl (C=O) groups excluding carboxylic acids is 1. The molecule has 0 spiro atoms.